The van der Waals surface area contributed by atoms with E-state index < -0.39 is 17.8 Å². The maximum Gasteiger partial charge on any atom is 0.266 e. The molecular formula is C22H18F3N5O. The first-order chi connectivity index (χ1) is 14.9. The van der Waals surface area contributed by atoms with Crippen molar-refractivity contribution >= 4 is 16.9 Å². The van der Waals surface area contributed by atoms with E-state index in [1.165, 1.54) is 23.0 Å². The number of aryl methyl sites for hydroxylation is 1. The first-order valence-corrected chi connectivity index (χ1v) is 9.40. The van der Waals surface area contributed by atoms with Crippen LogP contribution in [0.2, 0.25) is 0 Å². The predicted molar refractivity (Wildman–Crippen MR) is 111 cm³/mol. The highest BCUT2D eigenvalue weighted by Gasteiger charge is 2.19. The zero-order chi connectivity index (χ0) is 22.1. The smallest absolute Gasteiger partial charge is 0.266 e. The van der Waals surface area contributed by atoms with Crippen LogP contribution in [0.4, 0.5) is 19.0 Å². The molecule has 0 saturated carbocycles. The Bertz CT molecular complexity index is 1310. The normalized spacial score (nSPS) is 11.3. The van der Waals surface area contributed by atoms with Crippen LogP contribution in [0.15, 0.2) is 59.9 Å². The molecule has 9 heteroatoms. The Morgan fingerprint density at radius 2 is 1.87 bits per heavy atom. The van der Waals surface area contributed by atoms with Crippen molar-refractivity contribution in [2.75, 3.05) is 11.9 Å². The van der Waals surface area contributed by atoms with E-state index in [2.05, 4.69) is 15.0 Å². The molecule has 31 heavy (non-hydrogen) atoms. The highest BCUT2D eigenvalue weighted by molar-refractivity contribution is 5.90. The number of halogens is 3. The van der Waals surface area contributed by atoms with Gasteiger partial charge in [0.25, 0.3) is 12.0 Å². The molecule has 0 spiro atoms. The molecule has 3 aromatic heterocycles. The van der Waals surface area contributed by atoms with Gasteiger partial charge in [-0.3, -0.25) is 14.3 Å². The highest BCUT2D eigenvalue weighted by atomic mass is 19.3. The Balaban J connectivity index is 1.82. The maximum atomic E-state index is 14.5. The van der Waals surface area contributed by atoms with Gasteiger partial charge in [0.15, 0.2) is 0 Å². The summed E-state index contributed by atoms with van der Waals surface area (Å²) < 4.78 is 42.1. The van der Waals surface area contributed by atoms with Crippen molar-refractivity contribution in [2.24, 2.45) is 7.05 Å². The second-order valence-corrected chi connectivity index (χ2v) is 7.07. The molecule has 0 aliphatic rings. The van der Waals surface area contributed by atoms with Crippen LogP contribution in [0, 0.1) is 5.82 Å². The summed E-state index contributed by atoms with van der Waals surface area (Å²) in [7, 11) is 3.28. The molecule has 0 fully saturated rings. The van der Waals surface area contributed by atoms with Gasteiger partial charge < -0.3 is 4.90 Å². The number of alkyl halides is 2. The summed E-state index contributed by atoms with van der Waals surface area (Å²) in [5, 5.41) is 0.573. The fourth-order valence-electron chi connectivity index (χ4n) is 3.52. The van der Waals surface area contributed by atoms with Crippen molar-refractivity contribution in [3.05, 3.63) is 82.4 Å². The number of rotatable bonds is 5. The quantitative estimate of drug-likeness (QED) is 0.482. The average molecular weight is 425 g/mol. The lowest BCUT2D eigenvalue weighted by atomic mass is 10.1. The lowest BCUT2D eigenvalue weighted by Gasteiger charge is -2.21. The van der Waals surface area contributed by atoms with Crippen molar-refractivity contribution in [2.45, 2.75) is 13.0 Å². The van der Waals surface area contributed by atoms with Gasteiger partial charge in [-0.25, -0.2) is 23.1 Å². The molecule has 0 atom stereocenters. The molecule has 6 nitrogen and oxygen atoms in total. The Morgan fingerprint density at radius 1 is 1.13 bits per heavy atom. The van der Waals surface area contributed by atoms with E-state index in [0.29, 0.717) is 28.0 Å². The number of benzene rings is 1. The minimum atomic E-state index is -2.90. The minimum Gasteiger partial charge on any atom is -0.355 e. The van der Waals surface area contributed by atoms with Crippen LogP contribution in [0.3, 0.4) is 0 Å². The second-order valence-electron chi connectivity index (χ2n) is 7.07. The van der Waals surface area contributed by atoms with Crippen molar-refractivity contribution in [3.63, 3.8) is 0 Å². The average Bonchev–Trinajstić information content (AvgIpc) is 2.77. The number of hydrogen-bond acceptors (Lipinski definition) is 5. The first kappa shape index (κ1) is 20.5. The number of aromatic nitrogens is 4. The van der Waals surface area contributed by atoms with Gasteiger partial charge in [-0.15, -0.1) is 0 Å². The summed E-state index contributed by atoms with van der Waals surface area (Å²) >= 11 is 0. The van der Waals surface area contributed by atoms with Crippen molar-refractivity contribution < 1.29 is 13.2 Å². The van der Waals surface area contributed by atoms with Crippen molar-refractivity contribution in [1.82, 2.24) is 19.5 Å². The van der Waals surface area contributed by atoms with E-state index in [4.69, 9.17) is 0 Å². The summed E-state index contributed by atoms with van der Waals surface area (Å²) in [6.45, 7) is 0.00589. The fraction of sp³-hybridized carbons (Fsp3) is 0.182. The standard InChI is InChI=1S/C22H18F3N5O/c1-29(11-14-4-3-5-15(18(14)23)19(24)25)20-17-10-16(13-6-8-26-9-7-13)22(31)30(2)21(17)28-12-27-20/h3-10,12,19H,11H2,1-2H3. The third-order valence-electron chi connectivity index (χ3n) is 5.09. The molecule has 0 amide bonds. The SMILES string of the molecule is CN(Cc1cccc(C(F)F)c1F)c1ncnc2c1cc(-c1ccncc1)c(=O)n2C. The molecular weight excluding hydrogens is 407 g/mol. The maximum absolute atomic E-state index is 14.5. The van der Waals surface area contributed by atoms with Crippen molar-refractivity contribution in [3.8, 4) is 11.1 Å². The van der Waals surface area contributed by atoms with Crippen LogP contribution in [0.5, 0.6) is 0 Å². The van der Waals surface area contributed by atoms with Crippen LogP contribution in [0.25, 0.3) is 22.2 Å². The zero-order valence-electron chi connectivity index (χ0n) is 16.8. The van der Waals surface area contributed by atoms with Crippen molar-refractivity contribution in [1.29, 1.82) is 0 Å². The topological polar surface area (TPSA) is 63.9 Å². The highest BCUT2D eigenvalue weighted by Crippen LogP contribution is 2.28. The molecule has 0 bridgehead atoms. The number of fused-ring (bicyclic) bond motifs is 1. The predicted octanol–water partition coefficient (Wildman–Crippen LogP) is 4.10. The van der Waals surface area contributed by atoms with Gasteiger partial charge in [0.1, 0.15) is 23.6 Å². The third kappa shape index (κ3) is 3.74. The molecule has 0 aliphatic heterocycles. The molecule has 3 heterocycles. The van der Waals surface area contributed by atoms with Gasteiger partial charge >= 0.3 is 0 Å². The van der Waals surface area contributed by atoms with E-state index >= 15 is 0 Å². The van der Waals surface area contributed by atoms with Gasteiger partial charge in [0.05, 0.1) is 10.9 Å². The Kier molecular flexibility index (Phi) is 5.41. The molecule has 0 saturated heterocycles. The molecule has 1 aromatic carbocycles. The lowest BCUT2D eigenvalue weighted by Crippen LogP contribution is -2.23. The lowest BCUT2D eigenvalue weighted by molar-refractivity contribution is 0.146. The summed E-state index contributed by atoms with van der Waals surface area (Å²) in [4.78, 5) is 27.0. The summed E-state index contributed by atoms with van der Waals surface area (Å²) in [5.41, 5.74) is 0.772. The fourth-order valence-corrected chi connectivity index (χ4v) is 3.52. The second kappa shape index (κ2) is 8.17. The summed E-state index contributed by atoms with van der Waals surface area (Å²) in [5.74, 6) is -0.495. The van der Waals surface area contributed by atoms with Gasteiger partial charge in [0, 0.05) is 44.2 Å². The molecule has 0 unspecified atom stereocenters. The van der Waals surface area contributed by atoms with E-state index in [1.807, 2.05) is 0 Å². The van der Waals surface area contributed by atoms with Crippen LogP contribution in [-0.4, -0.2) is 26.6 Å². The molecule has 4 rings (SSSR count). The molecule has 0 N–H and O–H groups in total. The zero-order valence-corrected chi connectivity index (χ0v) is 16.8. The third-order valence-corrected chi connectivity index (χ3v) is 5.09. The summed E-state index contributed by atoms with van der Waals surface area (Å²) in [6, 6.07) is 9.06. The van der Waals surface area contributed by atoms with E-state index in [-0.39, 0.29) is 17.7 Å². The minimum absolute atomic E-state index is 0.00589. The number of anilines is 1. The van der Waals surface area contributed by atoms with Gasteiger partial charge in [-0.1, -0.05) is 18.2 Å². The van der Waals surface area contributed by atoms with Gasteiger partial charge in [-0.2, -0.15) is 0 Å². The molecule has 0 aliphatic carbocycles. The molecule has 4 aromatic rings. The molecule has 0 radical (unpaired) electrons. The van der Waals surface area contributed by atoms with Crippen LogP contribution >= 0.6 is 0 Å². The van der Waals surface area contributed by atoms with Gasteiger partial charge in [-0.05, 0) is 23.8 Å². The Labute approximate surface area is 175 Å². The van der Waals surface area contributed by atoms with Crippen LogP contribution in [0.1, 0.15) is 17.6 Å². The summed E-state index contributed by atoms with van der Waals surface area (Å²) in [6.07, 6.45) is 1.59. The van der Waals surface area contributed by atoms with Crippen LogP contribution < -0.4 is 10.5 Å². The van der Waals surface area contributed by atoms with E-state index in [9.17, 15) is 18.0 Å². The van der Waals surface area contributed by atoms with Gasteiger partial charge in [0.2, 0.25) is 0 Å². The first-order valence-electron chi connectivity index (χ1n) is 9.40. The number of pyridine rings is 2. The van der Waals surface area contributed by atoms with Crippen LogP contribution in [-0.2, 0) is 13.6 Å². The number of hydrogen-bond donors (Lipinski definition) is 0. The Morgan fingerprint density at radius 3 is 2.58 bits per heavy atom. The Hall–Kier alpha value is -3.75. The monoisotopic (exact) mass is 425 g/mol. The largest absolute Gasteiger partial charge is 0.355 e. The number of nitrogens with zero attached hydrogens (tertiary/aromatic N) is 5. The van der Waals surface area contributed by atoms with E-state index in [1.54, 1.807) is 49.6 Å². The van der Waals surface area contributed by atoms with E-state index in [0.717, 1.165) is 6.07 Å². The molecule has 158 valence electrons.